The van der Waals surface area contributed by atoms with Crippen LogP contribution in [-0.2, 0) is 4.79 Å². The Morgan fingerprint density at radius 3 is 2.57 bits per heavy atom. The Hall–Kier alpha value is -2.36. The van der Waals surface area contributed by atoms with Crippen LogP contribution in [0.5, 0.6) is 0 Å². The Labute approximate surface area is 138 Å². The first-order valence-corrected chi connectivity index (χ1v) is 8.14. The summed E-state index contributed by atoms with van der Waals surface area (Å²) in [6.45, 7) is 6.22. The molecule has 0 saturated heterocycles. The molecule has 1 atom stereocenters. The molecule has 4 heteroatoms. The van der Waals surface area contributed by atoms with Gasteiger partial charge in [-0.2, -0.15) is 0 Å². The summed E-state index contributed by atoms with van der Waals surface area (Å²) < 4.78 is 2.00. The summed E-state index contributed by atoms with van der Waals surface area (Å²) in [5.74, 6) is 0.00931. The van der Waals surface area contributed by atoms with Gasteiger partial charge in [0.1, 0.15) is 6.04 Å². The van der Waals surface area contributed by atoms with Crippen LogP contribution in [0, 0.1) is 0 Å². The van der Waals surface area contributed by atoms with Gasteiger partial charge in [-0.05, 0) is 25.3 Å². The number of nitrogens with one attached hydrogen (secondary N) is 1. The van der Waals surface area contributed by atoms with Crippen molar-refractivity contribution in [3.63, 3.8) is 0 Å². The van der Waals surface area contributed by atoms with Crippen LogP contribution in [0.25, 0.3) is 16.8 Å². The van der Waals surface area contributed by atoms with Crippen LogP contribution in [0.2, 0.25) is 0 Å². The molecule has 0 aliphatic rings. The minimum atomic E-state index is -0.250. The Bertz CT molecular complexity index is 686. The molecule has 1 heterocycles. The highest BCUT2D eigenvalue weighted by atomic mass is 16.2. The molecule has 4 nitrogen and oxygen atoms in total. The first-order valence-electron chi connectivity index (χ1n) is 8.14. The van der Waals surface area contributed by atoms with Gasteiger partial charge in [-0.25, -0.2) is 4.98 Å². The molecule has 0 unspecified atom stereocenters. The van der Waals surface area contributed by atoms with E-state index in [0.717, 1.165) is 35.4 Å². The molecule has 0 spiro atoms. The van der Waals surface area contributed by atoms with Gasteiger partial charge in [0, 0.05) is 12.6 Å². The minimum absolute atomic E-state index is 0.00931. The van der Waals surface area contributed by atoms with Crippen LogP contribution >= 0.6 is 0 Å². The Kier molecular flexibility index (Phi) is 5.74. The lowest BCUT2D eigenvalue weighted by molar-refractivity contribution is -0.123. The fourth-order valence-corrected chi connectivity index (χ4v) is 2.87. The van der Waals surface area contributed by atoms with Crippen LogP contribution in [0.4, 0.5) is 0 Å². The maximum absolute atomic E-state index is 12.2. The highest BCUT2D eigenvalue weighted by molar-refractivity contribution is 5.82. The number of amides is 1. The number of aromatic nitrogens is 2. The van der Waals surface area contributed by atoms with E-state index in [2.05, 4.69) is 42.4 Å². The predicted octanol–water partition coefficient (Wildman–Crippen LogP) is 4.06. The number of likely N-dealkylation sites (N-methyl/N-ethyl adjacent to an activating group) is 1. The van der Waals surface area contributed by atoms with Crippen LogP contribution in [0.1, 0.15) is 45.3 Å². The summed E-state index contributed by atoms with van der Waals surface area (Å²) >= 11 is 0. The van der Waals surface area contributed by atoms with Crippen molar-refractivity contribution in [1.29, 1.82) is 0 Å². The van der Waals surface area contributed by atoms with Crippen molar-refractivity contribution in [2.45, 2.75) is 39.7 Å². The summed E-state index contributed by atoms with van der Waals surface area (Å²) in [7, 11) is 1.68. The van der Waals surface area contributed by atoms with Gasteiger partial charge < -0.3 is 9.88 Å². The second-order valence-electron chi connectivity index (χ2n) is 5.55. The molecular formula is C19H25N3O. The summed E-state index contributed by atoms with van der Waals surface area (Å²) in [6.07, 6.45) is 5.63. The molecule has 1 aromatic heterocycles. The highest BCUT2D eigenvalue weighted by Crippen LogP contribution is 2.31. The molecule has 23 heavy (non-hydrogen) atoms. The topological polar surface area (TPSA) is 46.9 Å². The zero-order valence-electron chi connectivity index (χ0n) is 14.3. The van der Waals surface area contributed by atoms with Gasteiger partial charge in [-0.15, -0.1) is 0 Å². The largest absolute Gasteiger partial charge is 0.357 e. The molecule has 2 rings (SSSR count). The van der Waals surface area contributed by atoms with Gasteiger partial charge >= 0.3 is 0 Å². The molecule has 2 aromatic rings. The van der Waals surface area contributed by atoms with E-state index in [9.17, 15) is 4.79 Å². The average molecular weight is 311 g/mol. The molecule has 0 fully saturated rings. The van der Waals surface area contributed by atoms with Gasteiger partial charge in [0.05, 0.1) is 17.7 Å². The molecule has 0 saturated carbocycles. The molecule has 1 N–H and O–H groups in total. The van der Waals surface area contributed by atoms with E-state index in [4.69, 9.17) is 0 Å². The molecular weight excluding hydrogens is 286 g/mol. The maximum atomic E-state index is 12.2. The third kappa shape index (κ3) is 3.52. The lowest BCUT2D eigenvalue weighted by Gasteiger charge is -2.19. The summed E-state index contributed by atoms with van der Waals surface area (Å²) in [6, 6.07) is 9.86. The number of allylic oxidation sites excluding steroid dienone is 2. The lowest BCUT2D eigenvalue weighted by atomic mass is 10.0. The number of carbonyl (C=O) groups is 1. The molecule has 0 aliphatic carbocycles. The Morgan fingerprint density at radius 1 is 1.30 bits per heavy atom. The number of benzene rings is 1. The molecule has 1 aromatic carbocycles. The number of imidazole rings is 1. The highest BCUT2D eigenvalue weighted by Gasteiger charge is 2.23. The van der Waals surface area contributed by atoms with E-state index < -0.39 is 0 Å². The molecule has 0 radical (unpaired) electrons. The van der Waals surface area contributed by atoms with Crippen LogP contribution < -0.4 is 5.32 Å². The molecule has 122 valence electrons. The first kappa shape index (κ1) is 17.0. The number of carbonyl (C=O) groups excluding carboxylic acids is 1. The number of hydrogen-bond acceptors (Lipinski definition) is 2. The smallest absolute Gasteiger partial charge is 0.242 e. The summed E-state index contributed by atoms with van der Waals surface area (Å²) in [5, 5.41) is 2.75. The summed E-state index contributed by atoms with van der Waals surface area (Å²) in [4.78, 5) is 16.9. The van der Waals surface area contributed by atoms with E-state index in [1.807, 2.05) is 29.7 Å². The van der Waals surface area contributed by atoms with Crippen molar-refractivity contribution in [1.82, 2.24) is 14.9 Å². The van der Waals surface area contributed by atoms with Crippen molar-refractivity contribution in [3.8, 4) is 11.3 Å². The quantitative estimate of drug-likeness (QED) is 0.874. The first-order chi connectivity index (χ1) is 11.1. The maximum Gasteiger partial charge on any atom is 0.242 e. The fourth-order valence-electron chi connectivity index (χ4n) is 2.87. The van der Waals surface area contributed by atoms with Crippen molar-refractivity contribution in [2.75, 3.05) is 7.05 Å². The van der Waals surface area contributed by atoms with Gasteiger partial charge in [-0.1, -0.05) is 50.3 Å². The van der Waals surface area contributed by atoms with E-state index in [-0.39, 0.29) is 11.9 Å². The van der Waals surface area contributed by atoms with Crippen LogP contribution in [0.3, 0.4) is 0 Å². The monoisotopic (exact) mass is 311 g/mol. The van der Waals surface area contributed by atoms with Gasteiger partial charge in [0.15, 0.2) is 0 Å². The number of hydrogen-bond donors (Lipinski definition) is 1. The third-order valence-corrected chi connectivity index (χ3v) is 4.00. The minimum Gasteiger partial charge on any atom is -0.357 e. The second-order valence-corrected chi connectivity index (χ2v) is 5.55. The molecule has 1 amide bonds. The van der Waals surface area contributed by atoms with Crippen LogP contribution in [-0.4, -0.2) is 22.5 Å². The molecule has 0 bridgehead atoms. The second kappa shape index (κ2) is 7.77. The zero-order valence-corrected chi connectivity index (χ0v) is 14.3. The number of nitrogens with zero attached hydrogens (tertiary/aromatic N) is 2. The molecule has 0 aliphatic heterocycles. The zero-order chi connectivity index (χ0) is 16.8. The summed E-state index contributed by atoms with van der Waals surface area (Å²) in [5.41, 5.74) is 4.16. The fraction of sp³-hybridized carbons (Fsp3) is 0.368. The van der Waals surface area contributed by atoms with E-state index in [1.54, 1.807) is 13.4 Å². The number of rotatable bonds is 6. The van der Waals surface area contributed by atoms with Crippen LogP contribution in [0.15, 0.2) is 42.7 Å². The standard InChI is InChI=1S/C19H25N3O/c1-5-10-14(3)18-17(15-11-8-7-9-12-15)21-13-22(18)16(6-2)19(23)20-4/h7-13,16H,5-6H2,1-4H3,(H,20,23)/b14-10+/t16-/m0/s1. The van der Waals surface area contributed by atoms with Crippen molar-refractivity contribution in [2.24, 2.45) is 0 Å². The van der Waals surface area contributed by atoms with Gasteiger partial charge in [0.2, 0.25) is 5.91 Å². The van der Waals surface area contributed by atoms with E-state index >= 15 is 0 Å². The van der Waals surface area contributed by atoms with Gasteiger partial charge in [-0.3, -0.25) is 4.79 Å². The van der Waals surface area contributed by atoms with Crippen molar-refractivity contribution < 1.29 is 4.79 Å². The van der Waals surface area contributed by atoms with E-state index in [1.165, 1.54) is 0 Å². The Balaban J connectivity index is 2.62. The van der Waals surface area contributed by atoms with E-state index in [0.29, 0.717) is 0 Å². The van der Waals surface area contributed by atoms with Crippen molar-refractivity contribution >= 4 is 11.5 Å². The van der Waals surface area contributed by atoms with Crippen molar-refractivity contribution in [3.05, 3.63) is 48.4 Å². The lowest BCUT2D eigenvalue weighted by Crippen LogP contribution is -2.29. The average Bonchev–Trinajstić information content (AvgIpc) is 3.01. The normalized spacial score (nSPS) is 13.0. The predicted molar refractivity (Wildman–Crippen MR) is 95.0 cm³/mol. The third-order valence-electron chi connectivity index (χ3n) is 4.00. The SMILES string of the molecule is CC/C=C(\C)c1c(-c2ccccc2)ncn1[C@@H](CC)C(=O)NC. The Morgan fingerprint density at radius 2 is 2.00 bits per heavy atom. The van der Waals surface area contributed by atoms with Gasteiger partial charge in [0.25, 0.3) is 0 Å².